The van der Waals surface area contributed by atoms with E-state index in [-0.39, 0.29) is 0 Å². The molecule has 0 radical (unpaired) electrons. The molecular formula is C13H20N2O2. The smallest absolute Gasteiger partial charge is 0.213 e. The zero-order valence-electron chi connectivity index (χ0n) is 10.3. The van der Waals surface area contributed by atoms with Crippen molar-refractivity contribution in [2.45, 2.75) is 31.9 Å². The summed E-state index contributed by atoms with van der Waals surface area (Å²) in [6.07, 6.45) is 5.82. The molecule has 4 nitrogen and oxygen atoms in total. The van der Waals surface area contributed by atoms with E-state index in [1.54, 1.807) is 13.3 Å². The predicted molar refractivity (Wildman–Crippen MR) is 66.1 cm³/mol. The number of methoxy groups -OCH3 is 1. The van der Waals surface area contributed by atoms with E-state index < -0.39 is 0 Å². The Morgan fingerprint density at radius 1 is 1.53 bits per heavy atom. The van der Waals surface area contributed by atoms with Gasteiger partial charge in [0.25, 0.3) is 0 Å². The maximum Gasteiger partial charge on any atom is 0.213 e. The fourth-order valence-electron chi connectivity index (χ4n) is 2.02. The zero-order chi connectivity index (χ0) is 11.9. The molecule has 4 heteroatoms. The van der Waals surface area contributed by atoms with Crippen LogP contribution in [0.5, 0.6) is 5.88 Å². The minimum absolute atomic E-state index is 0.382. The van der Waals surface area contributed by atoms with E-state index in [1.165, 1.54) is 24.8 Å². The molecule has 2 rings (SSSR count). The van der Waals surface area contributed by atoms with E-state index in [4.69, 9.17) is 9.47 Å². The summed E-state index contributed by atoms with van der Waals surface area (Å²) in [4.78, 5) is 4.08. The second kappa shape index (κ2) is 6.57. The highest BCUT2D eigenvalue weighted by Crippen LogP contribution is 2.12. The standard InChI is InChI=1S/C13H20N2O2/c1-16-13-8-11(5-6-15-13)9-14-10-12-4-2-3-7-17-12/h5-6,8,12,14H,2-4,7,9-10H2,1H3. The first-order valence-corrected chi connectivity index (χ1v) is 6.20. The summed E-state index contributed by atoms with van der Waals surface area (Å²) < 4.78 is 10.7. The van der Waals surface area contributed by atoms with Gasteiger partial charge in [0.05, 0.1) is 13.2 Å². The molecule has 1 aliphatic heterocycles. The number of nitrogens with one attached hydrogen (secondary N) is 1. The molecule has 94 valence electrons. The SMILES string of the molecule is COc1cc(CNCC2CCCCO2)ccn1. The summed E-state index contributed by atoms with van der Waals surface area (Å²) >= 11 is 0. The lowest BCUT2D eigenvalue weighted by molar-refractivity contribution is 0.0168. The maximum absolute atomic E-state index is 5.66. The predicted octanol–water partition coefficient (Wildman–Crippen LogP) is 1.75. The average molecular weight is 236 g/mol. The summed E-state index contributed by atoms with van der Waals surface area (Å²) in [5.41, 5.74) is 1.19. The highest BCUT2D eigenvalue weighted by molar-refractivity contribution is 5.20. The van der Waals surface area contributed by atoms with Gasteiger partial charge in [-0.15, -0.1) is 0 Å². The zero-order valence-corrected chi connectivity index (χ0v) is 10.3. The lowest BCUT2D eigenvalue weighted by Crippen LogP contribution is -2.31. The quantitative estimate of drug-likeness (QED) is 0.846. The van der Waals surface area contributed by atoms with Gasteiger partial charge in [-0.1, -0.05) is 0 Å². The topological polar surface area (TPSA) is 43.4 Å². The molecule has 2 heterocycles. The normalized spacial score (nSPS) is 20.2. The van der Waals surface area contributed by atoms with Gasteiger partial charge >= 0.3 is 0 Å². The molecule has 1 unspecified atom stereocenters. The fourth-order valence-corrected chi connectivity index (χ4v) is 2.02. The van der Waals surface area contributed by atoms with Crippen molar-refractivity contribution in [3.05, 3.63) is 23.9 Å². The summed E-state index contributed by atoms with van der Waals surface area (Å²) in [6, 6.07) is 3.95. The third kappa shape index (κ3) is 3.98. The Morgan fingerprint density at radius 3 is 3.24 bits per heavy atom. The Hall–Kier alpha value is -1.13. The van der Waals surface area contributed by atoms with Crippen LogP contribution in [0.3, 0.4) is 0 Å². The van der Waals surface area contributed by atoms with Gasteiger partial charge in [0.2, 0.25) is 5.88 Å². The Balaban J connectivity index is 1.73. The van der Waals surface area contributed by atoms with Gasteiger partial charge in [0.15, 0.2) is 0 Å². The van der Waals surface area contributed by atoms with E-state index in [2.05, 4.69) is 10.3 Å². The summed E-state index contributed by atoms with van der Waals surface area (Å²) in [5.74, 6) is 0.665. The molecule has 0 aromatic carbocycles. The maximum atomic E-state index is 5.66. The van der Waals surface area contributed by atoms with Crippen molar-refractivity contribution in [2.24, 2.45) is 0 Å². The van der Waals surface area contributed by atoms with Gasteiger partial charge < -0.3 is 14.8 Å². The third-order valence-electron chi connectivity index (χ3n) is 2.98. The van der Waals surface area contributed by atoms with Crippen LogP contribution < -0.4 is 10.1 Å². The molecule has 1 fully saturated rings. The number of ether oxygens (including phenoxy) is 2. The lowest BCUT2D eigenvalue weighted by atomic mass is 10.1. The Morgan fingerprint density at radius 2 is 2.47 bits per heavy atom. The molecular weight excluding hydrogens is 216 g/mol. The van der Waals surface area contributed by atoms with E-state index >= 15 is 0 Å². The van der Waals surface area contributed by atoms with Crippen LogP contribution in [0.25, 0.3) is 0 Å². The van der Waals surface area contributed by atoms with Crippen LogP contribution >= 0.6 is 0 Å². The van der Waals surface area contributed by atoms with Gasteiger partial charge in [0, 0.05) is 32.0 Å². The molecule has 0 amide bonds. The molecule has 0 spiro atoms. The Kier molecular flexibility index (Phi) is 4.76. The number of hydrogen-bond acceptors (Lipinski definition) is 4. The first kappa shape index (κ1) is 12.3. The number of rotatable bonds is 5. The second-order valence-electron chi connectivity index (χ2n) is 4.33. The molecule has 1 aromatic rings. The van der Waals surface area contributed by atoms with E-state index in [0.29, 0.717) is 12.0 Å². The summed E-state index contributed by atoms with van der Waals surface area (Å²) in [5, 5.41) is 3.41. The first-order valence-electron chi connectivity index (χ1n) is 6.20. The van der Waals surface area contributed by atoms with Crippen molar-refractivity contribution in [1.82, 2.24) is 10.3 Å². The van der Waals surface area contributed by atoms with E-state index in [9.17, 15) is 0 Å². The first-order chi connectivity index (χ1) is 8.38. The van der Waals surface area contributed by atoms with E-state index in [1.807, 2.05) is 12.1 Å². The average Bonchev–Trinajstić information content (AvgIpc) is 2.40. The van der Waals surface area contributed by atoms with Crippen LogP contribution in [0.2, 0.25) is 0 Å². The molecule has 1 aromatic heterocycles. The molecule has 0 aliphatic carbocycles. The van der Waals surface area contributed by atoms with Crippen LogP contribution in [-0.2, 0) is 11.3 Å². The van der Waals surface area contributed by atoms with Crippen LogP contribution in [0.1, 0.15) is 24.8 Å². The Labute approximate surface area is 102 Å². The molecule has 1 atom stereocenters. The fraction of sp³-hybridized carbons (Fsp3) is 0.615. The van der Waals surface area contributed by atoms with Crippen molar-refractivity contribution in [2.75, 3.05) is 20.3 Å². The Bertz CT molecular complexity index is 338. The molecule has 0 bridgehead atoms. The largest absolute Gasteiger partial charge is 0.481 e. The van der Waals surface area contributed by atoms with E-state index in [0.717, 1.165) is 19.7 Å². The van der Waals surface area contributed by atoms with Gasteiger partial charge in [-0.25, -0.2) is 4.98 Å². The van der Waals surface area contributed by atoms with Gasteiger partial charge in [-0.2, -0.15) is 0 Å². The van der Waals surface area contributed by atoms with Crippen LogP contribution in [-0.4, -0.2) is 31.3 Å². The van der Waals surface area contributed by atoms with Crippen LogP contribution in [0.15, 0.2) is 18.3 Å². The highest BCUT2D eigenvalue weighted by atomic mass is 16.5. The minimum Gasteiger partial charge on any atom is -0.481 e. The van der Waals surface area contributed by atoms with Crippen molar-refractivity contribution >= 4 is 0 Å². The molecule has 1 aliphatic rings. The molecule has 17 heavy (non-hydrogen) atoms. The van der Waals surface area contributed by atoms with Crippen molar-refractivity contribution in [3.63, 3.8) is 0 Å². The molecule has 1 N–H and O–H groups in total. The number of aromatic nitrogens is 1. The van der Waals surface area contributed by atoms with Crippen molar-refractivity contribution in [3.8, 4) is 5.88 Å². The molecule has 1 saturated heterocycles. The van der Waals surface area contributed by atoms with Crippen molar-refractivity contribution in [1.29, 1.82) is 0 Å². The number of hydrogen-bond donors (Lipinski definition) is 1. The van der Waals surface area contributed by atoms with Crippen LogP contribution in [0.4, 0.5) is 0 Å². The highest BCUT2D eigenvalue weighted by Gasteiger charge is 2.12. The molecule has 0 saturated carbocycles. The van der Waals surface area contributed by atoms with Gasteiger partial charge in [-0.3, -0.25) is 0 Å². The number of pyridine rings is 1. The minimum atomic E-state index is 0.382. The third-order valence-corrected chi connectivity index (χ3v) is 2.98. The summed E-state index contributed by atoms with van der Waals surface area (Å²) in [7, 11) is 1.63. The monoisotopic (exact) mass is 236 g/mol. The van der Waals surface area contributed by atoms with Crippen molar-refractivity contribution < 1.29 is 9.47 Å². The lowest BCUT2D eigenvalue weighted by Gasteiger charge is -2.22. The number of nitrogens with zero attached hydrogens (tertiary/aromatic N) is 1. The second-order valence-corrected chi connectivity index (χ2v) is 4.33. The summed E-state index contributed by atoms with van der Waals surface area (Å²) in [6.45, 7) is 2.67. The van der Waals surface area contributed by atoms with Gasteiger partial charge in [-0.05, 0) is 30.9 Å². The van der Waals surface area contributed by atoms with Gasteiger partial charge in [0.1, 0.15) is 0 Å². The van der Waals surface area contributed by atoms with Crippen LogP contribution in [0, 0.1) is 0 Å².